The summed E-state index contributed by atoms with van der Waals surface area (Å²) >= 11 is 0. The van der Waals surface area contributed by atoms with Crippen LogP contribution in [0, 0.1) is 0 Å². The normalized spacial score (nSPS) is 18.8. The molecule has 1 aromatic heterocycles. The minimum atomic E-state index is -0.234. The second-order valence-corrected chi connectivity index (χ2v) is 7.14. The van der Waals surface area contributed by atoms with Gasteiger partial charge in [-0.25, -0.2) is 0 Å². The molecule has 2 aliphatic heterocycles. The summed E-state index contributed by atoms with van der Waals surface area (Å²) < 4.78 is 0. The molecule has 1 fully saturated rings. The topological polar surface area (TPSA) is 94.6 Å². The number of carbonyl (C=O) groups is 3. The van der Waals surface area contributed by atoms with Crippen molar-refractivity contribution in [3.63, 3.8) is 0 Å². The van der Waals surface area contributed by atoms with Gasteiger partial charge in [0.05, 0.1) is 17.4 Å². The Morgan fingerprint density at radius 1 is 1.10 bits per heavy atom. The maximum Gasteiger partial charge on any atom is 0.244 e. The van der Waals surface area contributed by atoms with E-state index in [2.05, 4.69) is 15.6 Å². The van der Waals surface area contributed by atoms with Crippen LogP contribution in [-0.4, -0.2) is 53.8 Å². The third-order valence-corrected chi connectivity index (χ3v) is 5.26. The summed E-state index contributed by atoms with van der Waals surface area (Å²) in [6.45, 7) is 1.93. The minimum Gasteiger partial charge on any atom is -0.333 e. The van der Waals surface area contributed by atoms with E-state index in [9.17, 15) is 14.4 Å². The SMILES string of the molecule is O=C1CN(C(=O)CCC(=O)N2CCNCC2c2cccnc2)c2ccccc2N1. The summed E-state index contributed by atoms with van der Waals surface area (Å²) in [5, 5.41) is 6.07. The molecule has 0 saturated carbocycles. The van der Waals surface area contributed by atoms with Crippen molar-refractivity contribution in [1.29, 1.82) is 0 Å². The van der Waals surface area contributed by atoms with Crippen LogP contribution in [0.2, 0.25) is 0 Å². The number of fused-ring (bicyclic) bond motifs is 1. The van der Waals surface area contributed by atoms with Gasteiger partial charge in [0.2, 0.25) is 17.7 Å². The fourth-order valence-electron chi connectivity index (χ4n) is 3.82. The fraction of sp³-hybridized carbons (Fsp3) is 0.333. The van der Waals surface area contributed by atoms with Gasteiger partial charge in [0.25, 0.3) is 0 Å². The van der Waals surface area contributed by atoms with E-state index in [1.807, 2.05) is 23.1 Å². The average Bonchev–Trinajstić information content (AvgIpc) is 2.77. The van der Waals surface area contributed by atoms with Crippen molar-refractivity contribution in [1.82, 2.24) is 15.2 Å². The van der Waals surface area contributed by atoms with E-state index in [-0.39, 0.29) is 43.1 Å². The second kappa shape index (κ2) is 8.40. The highest BCUT2D eigenvalue weighted by Gasteiger charge is 2.30. The van der Waals surface area contributed by atoms with Crippen LogP contribution < -0.4 is 15.5 Å². The molecule has 1 saturated heterocycles. The van der Waals surface area contributed by atoms with E-state index in [4.69, 9.17) is 0 Å². The molecule has 150 valence electrons. The Balaban J connectivity index is 1.42. The van der Waals surface area contributed by atoms with Crippen LogP contribution in [0.4, 0.5) is 11.4 Å². The summed E-state index contributed by atoms with van der Waals surface area (Å²) in [5.41, 5.74) is 2.25. The molecule has 1 unspecified atom stereocenters. The standard InChI is InChI=1S/C21H23N5O3/c27-19-14-26(17-6-2-1-5-16(17)24-19)21(29)8-7-20(28)25-11-10-23-13-18(25)15-4-3-9-22-12-15/h1-6,9,12,18,23H,7-8,10-11,13-14H2,(H,24,27). The number of nitrogens with zero attached hydrogens (tertiary/aromatic N) is 3. The Morgan fingerprint density at radius 3 is 2.76 bits per heavy atom. The molecule has 0 radical (unpaired) electrons. The van der Waals surface area contributed by atoms with Gasteiger partial charge in [-0.15, -0.1) is 0 Å². The predicted octanol–water partition coefficient (Wildman–Crippen LogP) is 1.32. The van der Waals surface area contributed by atoms with Gasteiger partial charge in [0.15, 0.2) is 0 Å². The molecule has 8 heteroatoms. The van der Waals surface area contributed by atoms with E-state index in [1.54, 1.807) is 30.6 Å². The average molecular weight is 393 g/mol. The lowest BCUT2D eigenvalue weighted by Crippen LogP contribution is -2.49. The van der Waals surface area contributed by atoms with Crippen molar-refractivity contribution in [3.8, 4) is 0 Å². The molecule has 1 atom stereocenters. The highest BCUT2D eigenvalue weighted by atomic mass is 16.2. The van der Waals surface area contributed by atoms with Crippen molar-refractivity contribution >= 4 is 29.1 Å². The van der Waals surface area contributed by atoms with Crippen LogP contribution >= 0.6 is 0 Å². The number of anilines is 2. The zero-order valence-corrected chi connectivity index (χ0v) is 16.0. The zero-order valence-electron chi connectivity index (χ0n) is 16.0. The van der Waals surface area contributed by atoms with E-state index in [0.717, 1.165) is 12.1 Å². The van der Waals surface area contributed by atoms with Gasteiger partial charge in [-0.05, 0) is 23.8 Å². The number of piperazine rings is 1. The van der Waals surface area contributed by atoms with Gasteiger partial charge in [-0.1, -0.05) is 18.2 Å². The summed E-state index contributed by atoms with van der Waals surface area (Å²) in [6.07, 6.45) is 3.64. The fourth-order valence-corrected chi connectivity index (χ4v) is 3.82. The largest absolute Gasteiger partial charge is 0.333 e. The van der Waals surface area contributed by atoms with Crippen molar-refractivity contribution in [3.05, 3.63) is 54.4 Å². The maximum absolute atomic E-state index is 12.9. The van der Waals surface area contributed by atoms with Crippen molar-refractivity contribution < 1.29 is 14.4 Å². The molecule has 29 heavy (non-hydrogen) atoms. The molecule has 2 aliphatic rings. The summed E-state index contributed by atoms with van der Waals surface area (Å²) in [6, 6.07) is 10.9. The van der Waals surface area contributed by atoms with Crippen LogP contribution in [0.5, 0.6) is 0 Å². The summed E-state index contributed by atoms with van der Waals surface area (Å²) in [5.74, 6) is -0.528. The second-order valence-electron chi connectivity index (χ2n) is 7.14. The highest BCUT2D eigenvalue weighted by Crippen LogP contribution is 2.29. The van der Waals surface area contributed by atoms with E-state index < -0.39 is 0 Å². The smallest absolute Gasteiger partial charge is 0.244 e. The number of aromatic nitrogens is 1. The van der Waals surface area contributed by atoms with Gasteiger partial charge in [0.1, 0.15) is 6.54 Å². The van der Waals surface area contributed by atoms with Crippen LogP contribution in [0.3, 0.4) is 0 Å². The lowest BCUT2D eigenvalue weighted by Gasteiger charge is -2.36. The number of hydrogen-bond acceptors (Lipinski definition) is 5. The van der Waals surface area contributed by atoms with Gasteiger partial charge < -0.3 is 20.4 Å². The number of hydrogen-bond donors (Lipinski definition) is 2. The molecule has 3 amide bonds. The zero-order chi connectivity index (χ0) is 20.2. The third-order valence-electron chi connectivity index (χ3n) is 5.26. The maximum atomic E-state index is 12.9. The monoisotopic (exact) mass is 393 g/mol. The van der Waals surface area contributed by atoms with E-state index in [1.165, 1.54) is 4.90 Å². The lowest BCUT2D eigenvalue weighted by atomic mass is 10.0. The Morgan fingerprint density at radius 2 is 1.93 bits per heavy atom. The van der Waals surface area contributed by atoms with Crippen LogP contribution in [0.15, 0.2) is 48.8 Å². The van der Waals surface area contributed by atoms with Crippen molar-refractivity contribution in [2.24, 2.45) is 0 Å². The first-order valence-electron chi connectivity index (χ1n) is 9.73. The van der Waals surface area contributed by atoms with E-state index >= 15 is 0 Å². The molecule has 1 aromatic carbocycles. The van der Waals surface area contributed by atoms with Gasteiger partial charge in [-0.3, -0.25) is 19.4 Å². The quantitative estimate of drug-likeness (QED) is 0.817. The number of pyridine rings is 1. The number of carbonyl (C=O) groups excluding carboxylic acids is 3. The Labute approximate surface area is 168 Å². The molecule has 0 spiro atoms. The van der Waals surface area contributed by atoms with Crippen LogP contribution in [-0.2, 0) is 14.4 Å². The van der Waals surface area contributed by atoms with Crippen molar-refractivity contribution in [2.75, 3.05) is 36.4 Å². The minimum absolute atomic E-state index is 0.0318. The molecule has 2 aromatic rings. The predicted molar refractivity (Wildman–Crippen MR) is 108 cm³/mol. The van der Waals surface area contributed by atoms with Gasteiger partial charge in [0, 0.05) is 44.9 Å². The van der Waals surface area contributed by atoms with Crippen LogP contribution in [0.1, 0.15) is 24.4 Å². The Kier molecular flexibility index (Phi) is 5.53. The number of para-hydroxylation sites is 2. The molecule has 3 heterocycles. The third kappa shape index (κ3) is 4.12. The molecule has 0 bridgehead atoms. The Hall–Kier alpha value is -3.26. The number of nitrogens with one attached hydrogen (secondary N) is 2. The first-order valence-corrected chi connectivity index (χ1v) is 9.73. The lowest BCUT2D eigenvalue weighted by molar-refractivity contribution is -0.136. The van der Waals surface area contributed by atoms with Crippen LogP contribution in [0.25, 0.3) is 0 Å². The number of amides is 3. The molecule has 4 rings (SSSR count). The molecule has 2 N–H and O–H groups in total. The van der Waals surface area contributed by atoms with Gasteiger partial charge in [-0.2, -0.15) is 0 Å². The first kappa shape index (κ1) is 19.1. The van der Waals surface area contributed by atoms with Gasteiger partial charge >= 0.3 is 0 Å². The first-order chi connectivity index (χ1) is 14.1. The molecule has 8 nitrogen and oxygen atoms in total. The molecule has 0 aliphatic carbocycles. The summed E-state index contributed by atoms with van der Waals surface area (Å²) in [7, 11) is 0. The molecular weight excluding hydrogens is 370 g/mol. The van der Waals surface area contributed by atoms with E-state index in [0.29, 0.717) is 24.5 Å². The Bertz CT molecular complexity index is 918. The number of rotatable bonds is 4. The number of benzene rings is 1. The highest BCUT2D eigenvalue weighted by molar-refractivity contribution is 6.10. The summed E-state index contributed by atoms with van der Waals surface area (Å²) in [4.78, 5) is 45.1. The van der Waals surface area contributed by atoms with Crippen molar-refractivity contribution in [2.45, 2.75) is 18.9 Å². The molecular formula is C21H23N5O3.